The third kappa shape index (κ3) is 20.8. The van der Waals surface area contributed by atoms with E-state index in [9.17, 15) is 57.8 Å². The number of nitrogens with one attached hydrogen (secondary N) is 11. The number of aromatic nitrogens is 2. The van der Waals surface area contributed by atoms with Gasteiger partial charge in [-0.25, -0.2) is 4.98 Å². The topological polar surface area (TPSA) is 383 Å². The zero-order valence-electron chi connectivity index (χ0n) is 45.9. The normalized spacial score (nSPS) is 26.3. The maximum Gasteiger partial charge on any atom is 0.303 e. The van der Waals surface area contributed by atoms with Crippen LogP contribution in [0, 0.1) is 5.92 Å². The van der Waals surface area contributed by atoms with Gasteiger partial charge in [0.1, 0.15) is 48.3 Å². The number of aromatic amines is 1. The molecule has 3 aliphatic rings. The molecule has 3 aromatic rings. The summed E-state index contributed by atoms with van der Waals surface area (Å²) in [5, 5.41) is 36.4. The number of fused-ring (bicyclic) bond motifs is 7. The maximum atomic E-state index is 14.4. The second-order valence-electron chi connectivity index (χ2n) is 20.6. The molecule has 27 heteroatoms. The van der Waals surface area contributed by atoms with Crippen LogP contribution in [0.25, 0.3) is 11.1 Å². The minimum Gasteiger partial charge on any atom is -0.481 e. The molecule has 6 rings (SSSR count). The Morgan fingerprint density at radius 2 is 1.18 bits per heavy atom. The van der Waals surface area contributed by atoms with Crippen LogP contribution in [-0.4, -0.2) is 159 Å². The first-order valence-corrected chi connectivity index (χ1v) is 30.2. The third-order valence-corrected chi connectivity index (χ3v) is 16.5. The van der Waals surface area contributed by atoms with Crippen molar-refractivity contribution in [1.29, 1.82) is 0 Å². The molecule has 10 amide bonds. The van der Waals surface area contributed by atoms with E-state index in [1.807, 2.05) is 54.6 Å². The summed E-state index contributed by atoms with van der Waals surface area (Å²) in [5.74, 6) is -8.45. The number of hydrogen-bond donors (Lipinski definition) is 13. The van der Waals surface area contributed by atoms with Crippen LogP contribution in [0.4, 0.5) is 0 Å². The number of H-pyrrole nitrogens is 1. The molecule has 82 heavy (non-hydrogen) atoms. The van der Waals surface area contributed by atoms with Crippen molar-refractivity contribution >= 4 is 86.6 Å². The van der Waals surface area contributed by atoms with E-state index >= 15 is 0 Å². The van der Waals surface area contributed by atoms with Crippen molar-refractivity contribution in [3.05, 3.63) is 78.4 Å². The SMILES string of the molecule is CC[C@@H]1NC(=O)[C@H]2CCSSCCC(NC(=O)[C@H](C)NC(=O)[C@H](N)CCCCNC(=O)[C@H](Cc3ccc(-c4ccccc4)cc3)NC1=O)C(=O)N[C@@H](Cc1cnc[nH]1)C(=O)N[C@@H](CC1CC1)C(=O)NCC(=O)N[C@@H](CCC(=O)O)C(=O)N2. The molecule has 1 aromatic heterocycles. The lowest BCUT2D eigenvalue weighted by molar-refractivity contribution is -0.138. The molecule has 3 heterocycles. The van der Waals surface area contributed by atoms with E-state index in [-0.39, 0.29) is 68.9 Å². The van der Waals surface area contributed by atoms with E-state index in [2.05, 4.69) is 63.1 Å². The number of carbonyl (C=O) groups excluding carboxylic acids is 10. The van der Waals surface area contributed by atoms with Crippen molar-refractivity contribution in [1.82, 2.24) is 63.1 Å². The number of imidazole rings is 1. The van der Waals surface area contributed by atoms with E-state index in [0.29, 0.717) is 18.5 Å². The molecule has 1 aliphatic carbocycles. The smallest absolute Gasteiger partial charge is 0.303 e. The van der Waals surface area contributed by atoms with Gasteiger partial charge in [-0.3, -0.25) is 52.7 Å². The zero-order valence-corrected chi connectivity index (χ0v) is 47.6. The van der Waals surface area contributed by atoms with Gasteiger partial charge in [0.2, 0.25) is 59.1 Å². The van der Waals surface area contributed by atoms with Crippen molar-refractivity contribution < 1.29 is 57.8 Å². The summed E-state index contributed by atoms with van der Waals surface area (Å²) < 4.78 is 0. The summed E-state index contributed by atoms with van der Waals surface area (Å²) in [6, 6.07) is 5.83. The van der Waals surface area contributed by atoms with Gasteiger partial charge in [-0.2, -0.15) is 0 Å². The summed E-state index contributed by atoms with van der Waals surface area (Å²) in [6.45, 7) is 2.48. The largest absolute Gasteiger partial charge is 0.481 e. The van der Waals surface area contributed by atoms with E-state index in [1.54, 1.807) is 6.92 Å². The Balaban J connectivity index is 1.31. The number of carboxylic acid groups (broad SMARTS) is 1. The van der Waals surface area contributed by atoms with Gasteiger partial charge in [0.05, 0.1) is 18.9 Å². The predicted octanol–water partition coefficient (Wildman–Crippen LogP) is -0.246. The fraction of sp³-hybridized carbons (Fsp3) is 0.527. The van der Waals surface area contributed by atoms with Crippen LogP contribution in [-0.2, 0) is 65.6 Å². The van der Waals surface area contributed by atoms with Crippen LogP contribution in [0.1, 0.15) is 95.7 Å². The highest BCUT2D eigenvalue weighted by atomic mass is 33.1. The van der Waals surface area contributed by atoms with Crippen LogP contribution in [0.3, 0.4) is 0 Å². The molecule has 444 valence electrons. The van der Waals surface area contributed by atoms with Gasteiger partial charge >= 0.3 is 5.97 Å². The summed E-state index contributed by atoms with van der Waals surface area (Å²) in [5.41, 5.74) is 9.36. The van der Waals surface area contributed by atoms with Crippen molar-refractivity contribution in [2.24, 2.45) is 11.7 Å². The monoisotopic (exact) mass is 1170 g/mol. The molecule has 3 fully saturated rings. The Kier molecular flexibility index (Phi) is 25.0. The fourth-order valence-electron chi connectivity index (χ4n) is 9.07. The van der Waals surface area contributed by atoms with Crippen molar-refractivity contribution in [3.63, 3.8) is 0 Å². The Morgan fingerprint density at radius 3 is 1.82 bits per heavy atom. The lowest BCUT2D eigenvalue weighted by Gasteiger charge is -2.27. The summed E-state index contributed by atoms with van der Waals surface area (Å²) >= 11 is 0. The van der Waals surface area contributed by atoms with E-state index in [0.717, 1.165) is 29.5 Å². The van der Waals surface area contributed by atoms with Crippen molar-refractivity contribution in [2.75, 3.05) is 24.6 Å². The molecular weight excluding hydrogens is 1100 g/mol. The fourth-order valence-corrected chi connectivity index (χ4v) is 11.2. The highest BCUT2D eigenvalue weighted by Gasteiger charge is 2.36. The van der Waals surface area contributed by atoms with Crippen LogP contribution in [0.15, 0.2) is 67.1 Å². The Labute approximate surface area is 483 Å². The number of benzene rings is 2. The number of amides is 10. The predicted molar refractivity (Wildman–Crippen MR) is 305 cm³/mol. The number of nitrogens with zero attached hydrogens (tertiary/aromatic N) is 1. The second kappa shape index (κ2) is 32.2. The number of aliphatic carboxylic acids is 1. The molecule has 25 nitrogen and oxygen atoms in total. The quantitative estimate of drug-likeness (QED) is 0.110. The Hall–Kier alpha value is -7.52. The molecule has 2 aliphatic heterocycles. The molecular formula is C55H75N13O12S2. The third-order valence-electron chi connectivity index (χ3n) is 14.1. The summed E-state index contributed by atoms with van der Waals surface area (Å²) in [7, 11) is 2.49. The van der Waals surface area contributed by atoms with Crippen LogP contribution in [0.5, 0.6) is 0 Å². The average molecular weight is 1170 g/mol. The Bertz CT molecular complexity index is 2700. The standard InChI is InChI=1S/C55H75N13O12S2/c1-3-38-51(76)66-42(26-33-14-16-35(17-15-33)34-9-5-4-6-10-34)49(74)58-22-8-7-11-37(56)48(73)61-31(2)47(72)64-40-20-23-81-82-24-21-41(53(78)63-38)65-52(77)39(18-19-46(70)71)62-45(69)29-59-50(75)43(25-32-12-13-32)67-55(80)44(68-54(40)79)27-36-28-57-30-60-36/h4-6,9-10,14-17,28,30-32,37-44H,3,7-8,11-13,18-27,29,56H2,1-2H3,(H,57,60)(H,58,74)(H,59,75)(H,61,73)(H,62,69)(H,63,78)(H,64,72)(H,65,77)(H,66,76)(H,67,80)(H,68,79)(H,70,71)/t31-,37+,38-,39-,40?,41+,42-,43-,44-/m0/s1. The maximum absolute atomic E-state index is 14.4. The first-order valence-electron chi connectivity index (χ1n) is 27.7. The van der Waals surface area contributed by atoms with Gasteiger partial charge in [0, 0.05) is 49.2 Å². The van der Waals surface area contributed by atoms with Gasteiger partial charge in [-0.05, 0) is 80.9 Å². The second-order valence-corrected chi connectivity index (χ2v) is 23.3. The number of nitrogens with two attached hydrogens (primary N) is 1. The van der Waals surface area contributed by atoms with Crippen molar-refractivity contribution in [2.45, 2.75) is 152 Å². The van der Waals surface area contributed by atoms with Crippen LogP contribution < -0.4 is 58.9 Å². The lowest BCUT2D eigenvalue weighted by atomic mass is 10.00. The van der Waals surface area contributed by atoms with E-state index < -0.39 is 139 Å². The minimum absolute atomic E-state index is 0.0179. The van der Waals surface area contributed by atoms with Gasteiger partial charge in [0.15, 0.2) is 0 Å². The number of rotatable bonds is 11. The molecule has 1 saturated carbocycles. The van der Waals surface area contributed by atoms with Gasteiger partial charge in [0.25, 0.3) is 0 Å². The number of carboxylic acids is 1. The molecule has 2 aromatic carbocycles. The minimum atomic E-state index is -1.52. The van der Waals surface area contributed by atoms with Gasteiger partial charge in [-0.15, -0.1) is 0 Å². The first-order chi connectivity index (χ1) is 39.4. The highest BCUT2D eigenvalue weighted by molar-refractivity contribution is 8.76. The number of carbonyl (C=O) groups is 11. The zero-order chi connectivity index (χ0) is 59.1. The molecule has 0 radical (unpaired) electrons. The summed E-state index contributed by atoms with van der Waals surface area (Å²) in [4.78, 5) is 159. The average Bonchev–Trinajstić information content (AvgIpc) is 4.14. The van der Waals surface area contributed by atoms with Crippen LogP contribution >= 0.6 is 21.6 Å². The van der Waals surface area contributed by atoms with Gasteiger partial charge < -0.3 is 69.0 Å². The van der Waals surface area contributed by atoms with Crippen molar-refractivity contribution in [3.8, 4) is 11.1 Å². The molecule has 2 bridgehead atoms. The molecule has 0 spiro atoms. The van der Waals surface area contributed by atoms with E-state index in [4.69, 9.17) is 5.73 Å². The molecule has 9 atom stereocenters. The van der Waals surface area contributed by atoms with Gasteiger partial charge in [-0.1, -0.05) is 96.0 Å². The van der Waals surface area contributed by atoms with E-state index in [1.165, 1.54) is 41.0 Å². The molecule has 14 N–H and O–H groups in total. The molecule has 2 saturated heterocycles. The highest BCUT2D eigenvalue weighted by Crippen LogP contribution is 2.33. The Morgan fingerprint density at radius 1 is 0.598 bits per heavy atom. The van der Waals surface area contributed by atoms with Crippen LogP contribution in [0.2, 0.25) is 0 Å². The lowest BCUT2D eigenvalue weighted by Crippen LogP contribution is -2.59. The number of hydrogen-bond acceptors (Lipinski definition) is 15. The molecule has 1 unspecified atom stereocenters. The summed E-state index contributed by atoms with van der Waals surface area (Å²) in [6.07, 6.45) is 4.35. The first kappa shape index (κ1) is 63.7.